The third-order valence-electron chi connectivity index (χ3n) is 5.62. The second kappa shape index (κ2) is 10.4. The molecule has 2 aromatic carbocycles. The predicted octanol–water partition coefficient (Wildman–Crippen LogP) is 2.63. The van der Waals surface area contributed by atoms with Gasteiger partial charge in [-0.05, 0) is 47.2 Å². The zero-order chi connectivity index (χ0) is 21.5. The molecule has 1 aliphatic rings. The predicted molar refractivity (Wildman–Crippen MR) is 119 cm³/mol. The molecule has 0 N–H and O–H groups in total. The lowest BCUT2D eigenvalue weighted by molar-refractivity contribution is 0.171. The third kappa shape index (κ3) is 5.03. The number of rotatable bonds is 9. The van der Waals surface area contributed by atoms with Crippen molar-refractivity contribution in [1.82, 2.24) is 25.1 Å². The van der Waals surface area contributed by atoms with Gasteiger partial charge in [-0.3, -0.25) is 4.90 Å². The van der Waals surface area contributed by atoms with Crippen molar-refractivity contribution >= 4 is 5.69 Å². The molecule has 8 nitrogen and oxygen atoms in total. The summed E-state index contributed by atoms with van der Waals surface area (Å²) in [5.74, 6) is 1.72. The van der Waals surface area contributed by atoms with Gasteiger partial charge in [0, 0.05) is 39.0 Å². The molecule has 8 heteroatoms. The number of aromatic nitrogens is 4. The van der Waals surface area contributed by atoms with E-state index < -0.39 is 0 Å². The molecule has 0 spiro atoms. The van der Waals surface area contributed by atoms with Crippen LogP contribution in [0.5, 0.6) is 5.75 Å². The van der Waals surface area contributed by atoms with Crippen molar-refractivity contribution in [3.63, 3.8) is 0 Å². The van der Waals surface area contributed by atoms with Gasteiger partial charge in [0.15, 0.2) is 5.82 Å². The molecule has 2 heterocycles. The SMILES string of the molecule is CCOc1ccc(C(c2nnnn2CCOC)N2CCN(c3ccccc3)CC2)cc1. The summed E-state index contributed by atoms with van der Waals surface area (Å²) < 4.78 is 12.7. The normalized spacial score (nSPS) is 15.7. The summed E-state index contributed by atoms with van der Waals surface area (Å²) in [6, 6.07) is 18.8. The number of benzene rings is 2. The average molecular weight is 423 g/mol. The number of tetrazole rings is 1. The fraction of sp³-hybridized carbons (Fsp3) is 0.435. The molecular formula is C23H30N6O2. The highest BCUT2D eigenvalue weighted by molar-refractivity contribution is 5.46. The zero-order valence-corrected chi connectivity index (χ0v) is 18.2. The number of para-hydroxylation sites is 1. The van der Waals surface area contributed by atoms with Crippen LogP contribution in [0.2, 0.25) is 0 Å². The Morgan fingerprint density at radius 2 is 1.71 bits per heavy atom. The maximum absolute atomic E-state index is 5.63. The van der Waals surface area contributed by atoms with Gasteiger partial charge in [0.1, 0.15) is 5.75 Å². The van der Waals surface area contributed by atoms with Crippen LogP contribution in [-0.4, -0.2) is 71.6 Å². The standard InChI is InChI=1S/C23H30N6O2/c1-3-31-21-11-9-19(10-12-21)22(23-24-25-26-29(23)17-18-30-2)28-15-13-27(14-16-28)20-7-5-4-6-8-20/h4-12,22H,3,13-18H2,1-2H3. The van der Waals surface area contributed by atoms with Crippen LogP contribution in [0.25, 0.3) is 0 Å². The second-order valence-corrected chi connectivity index (χ2v) is 7.52. The summed E-state index contributed by atoms with van der Waals surface area (Å²) in [5.41, 5.74) is 2.43. The molecule has 1 unspecified atom stereocenters. The van der Waals surface area contributed by atoms with E-state index in [1.165, 1.54) is 5.69 Å². The van der Waals surface area contributed by atoms with Gasteiger partial charge in [0.25, 0.3) is 0 Å². The first-order valence-corrected chi connectivity index (χ1v) is 10.8. The smallest absolute Gasteiger partial charge is 0.173 e. The molecule has 164 valence electrons. The molecule has 31 heavy (non-hydrogen) atoms. The largest absolute Gasteiger partial charge is 0.494 e. The van der Waals surface area contributed by atoms with Crippen LogP contribution in [0, 0.1) is 0 Å². The van der Waals surface area contributed by atoms with Crippen molar-refractivity contribution in [1.29, 1.82) is 0 Å². The minimum Gasteiger partial charge on any atom is -0.494 e. The van der Waals surface area contributed by atoms with Gasteiger partial charge in [-0.25, -0.2) is 4.68 Å². The number of piperazine rings is 1. The Labute approximate surface area is 183 Å². The van der Waals surface area contributed by atoms with Crippen molar-refractivity contribution in [3.05, 3.63) is 66.0 Å². The fourth-order valence-corrected chi connectivity index (χ4v) is 4.06. The third-order valence-corrected chi connectivity index (χ3v) is 5.62. The van der Waals surface area contributed by atoms with E-state index >= 15 is 0 Å². The number of methoxy groups -OCH3 is 1. The lowest BCUT2D eigenvalue weighted by Gasteiger charge is -2.40. The van der Waals surface area contributed by atoms with Gasteiger partial charge in [0.2, 0.25) is 0 Å². The summed E-state index contributed by atoms with van der Waals surface area (Å²) in [6.07, 6.45) is 0. The van der Waals surface area contributed by atoms with E-state index in [2.05, 4.69) is 67.8 Å². The van der Waals surface area contributed by atoms with Gasteiger partial charge >= 0.3 is 0 Å². The quantitative estimate of drug-likeness (QED) is 0.525. The van der Waals surface area contributed by atoms with E-state index in [-0.39, 0.29) is 6.04 Å². The highest BCUT2D eigenvalue weighted by Crippen LogP contribution is 2.30. The fourth-order valence-electron chi connectivity index (χ4n) is 4.06. The number of ether oxygens (including phenoxy) is 2. The van der Waals surface area contributed by atoms with Crippen molar-refractivity contribution in [2.24, 2.45) is 0 Å². The van der Waals surface area contributed by atoms with Gasteiger partial charge < -0.3 is 14.4 Å². The summed E-state index contributed by atoms with van der Waals surface area (Å²) in [5, 5.41) is 12.6. The van der Waals surface area contributed by atoms with Gasteiger partial charge in [-0.15, -0.1) is 5.10 Å². The van der Waals surface area contributed by atoms with Crippen LogP contribution < -0.4 is 9.64 Å². The molecule has 4 rings (SSSR count). The van der Waals surface area contributed by atoms with Crippen molar-refractivity contribution in [2.45, 2.75) is 19.5 Å². The Kier molecular flexibility index (Phi) is 7.11. The molecule has 3 aromatic rings. The molecule has 0 aliphatic carbocycles. The Bertz CT molecular complexity index is 923. The first kappa shape index (κ1) is 21.3. The van der Waals surface area contributed by atoms with Gasteiger partial charge in [0.05, 0.1) is 25.8 Å². The lowest BCUT2D eigenvalue weighted by atomic mass is 10.0. The number of anilines is 1. The van der Waals surface area contributed by atoms with E-state index in [0.29, 0.717) is 19.8 Å². The van der Waals surface area contributed by atoms with Crippen LogP contribution in [0.15, 0.2) is 54.6 Å². The molecule has 1 saturated heterocycles. The average Bonchev–Trinajstić information content (AvgIpc) is 3.28. The van der Waals surface area contributed by atoms with Crippen molar-refractivity contribution in [3.8, 4) is 5.75 Å². The Morgan fingerprint density at radius 1 is 0.968 bits per heavy atom. The monoisotopic (exact) mass is 422 g/mol. The summed E-state index contributed by atoms with van der Waals surface area (Å²) in [6.45, 7) is 7.58. The zero-order valence-electron chi connectivity index (χ0n) is 18.2. The van der Waals surface area contributed by atoms with Gasteiger partial charge in [-0.1, -0.05) is 30.3 Å². The molecule has 1 atom stereocenters. The Morgan fingerprint density at radius 3 is 2.39 bits per heavy atom. The summed E-state index contributed by atoms with van der Waals surface area (Å²) in [4.78, 5) is 4.89. The van der Waals surface area contributed by atoms with Crippen LogP contribution in [0.4, 0.5) is 5.69 Å². The first-order valence-electron chi connectivity index (χ1n) is 10.8. The topological polar surface area (TPSA) is 68.5 Å². The van der Waals surface area contributed by atoms with E-state index in [4.69, 9.17) is 9.47 Å². The van der Waals surface area contributed by atoms with E-state index in [0.717, 1.165) is 43.3 Å². The Balaban J connectivity index is 1.58. The molecule has 0 bridgehead atoms. The molecule has 0 amide bonds. The maximum Gasteiger partial charge on any atom is 0.173 e. The minimum absolute atomic E-state index is 0.0274. The lowest BCUT2D eigenvalue weighted by Crippen LogP contribution is -2.48. The summed E-state index contributed by atoms with van der Waals surface area (Å²) in [7, 11) is 1.69. The number of hydrogen-bond donors (Lipinski definition) is 0. The van der Waals surface area contributed by atoms with E-state index in [9.17, 15) is 0 Å². The van der Waals surface area contributed by atoms with Crippen LogP contribution in [0.3, 0.4) is 0 Å². The van der Waals surface area contributed by atoms with E-state index in [1.807, 2.05) is 23.7 Å². The Hall–Kier alpha value is -2.97. The number of nitrogens with zero attached hydrogens (tertiary/aromatic N) is 6. The molecule has 1 fully saturated rings. The van der Waals surface area contributed by atoms with Gasteiger partial charge in [-0.2, -0.15) is 0 Å². The van der Waals surface area contributed by atoms with Crippen molar-refractivity contribution in [2.75, 3.05) is 51.4 Å². The first-order chi connectivity index (χ1) is 15.3. The molecule has 1 aliphatic heterocycles. The van der Waals surface area contributed by atoms with Crippen LogP contribution in [0.1, 0.15) is 24.4 Å². The number of hydrogen-bond acceptors (Lipinski definition) is 7. The summed E-state index contributed by atoms with van der Waals surface area (Å²) >= 11 is 0. The van der Waals surface area contributed by atoms with E-state index in [1.54, 1.807) is 7.11 Å². The molecule has 1 aromatic heterocycles. The highest BCUT2D eigenvalue weighted by atomic mass is 16.5. The highest BCUT2D eigenvalue weighted by Gasteiger charge is 2.30. The molecule has 0 radical (unpaired) electrons. The molecule has 0 saturated carbocycles. The molecular weight excluding hydrogens is 392 g/mol. The second-order valence-electron chi connectivity index (χ2n) is 7.52. The minimum atomic E-state index is -0.0274. The van der Waals surface area contributed by atoms with Crippen LogP contribution >= 0.6 is 0 Å². The van der Waals surface area contributed by atoms with Crippen LogP contribution in [-0.2, 0) is 11.3 Å². The van der Waals surface area contributed by atoms with Crippen molar-refractivity contribution < 1.29 is 9.47 Å². The maximum atomic E-state index is 5.63.